The molecule has 0 aliphatic carbocycles. The monoisotopic (exact) mass is 471 g/mol. The Morgan fingerprint density at radius 1 is 0.667 bits per heavy atom. The van der Waals surface area contributed by atoms with Crippen molar-refractivity contribution >= 4 is 34.8 Å². The van der Waals surface area contributed by atoms with Crippen LogP contribution < -0.4 is 20.6 Å². The van der Waals surface area contributed by atoms with Crippen LogP contribution in [-0.2, 0) is 11.0 Å². The van der Waals surface area contributed by atoms with E-state index >= 15 is 0 Å². The summed E-state index contributed by atoms with van der Waals surface area (Å²) < 4.78 is 16.3. The fourth-order valence-corrected chi connectivity index (χ4v) is 7.08. The van der Waals surface area contributed by atoms with Gasteiger partial charge in [0.2, 0.25) is 0 Å². The Bertz CT molecular complexity index is 1150. The van der Waals surface area contributed by atoms with Crippen LogP contribution in [0.3, 0.4) is 0 Å². The van der Waals surface area contributed by atoms with Crippen molar-refractivity contribution in [2.24, 2.45) is 0 Å². The molecular weight excluding hydrogens is 441 g/mol. The van der Waals surface area contributed by atoms with Gasteiger partial charge in [0.25, 0.3) is 0 Å². The van der Waals surface area contributed by atoms with E-state index in [1.807, 2.05) is 39.0 Å². The van der Waals surface area contributed by atoms with Crippen LogP contribution in [0.15, 0.2) is 115 Å². The van der Waals surface area contributed by atoms with Gasteiger partial charge in [-0.2, -0.15) is 0 Å². The molecule has 4 heteroatoms. The number of rotatable bonds is 7. The first-order chi connectivity index (χ1) is 15.9. The highest BCUT2D eigenvalue weighted by atomic mass is 32.2. The molecule has 0 amide bonds. The summed E-state index contributed by atoms with van der Waals surface area (Å²) in [6.07, 6.45) is 0. The smallest absolute Gasteiger partial charge is 0.0979 e. The van der Waals surface area contributed by atoms with Crippen molar-refractivity contribution in [3.63, 3.8) is 0 Å². The summed E-state index contributed by atoms with van der Waals surface area (Å²) in [4.78, 5) is 0. The van der Waals surface area contributed by atoms with Crippen molar-refractivity contribution in [1.29, 1.82) is 0 Å². The highest BCUT2D eigenvalue weighted by Gasteiger charge is 2.28. The molecule has 0 aliphatic heterocycles. The standard InChI is InChI=1S/C29H30NOPS/c1-29(2,3)33(31)30-28(23-15-7-4-8-16-23)26-21-13-14-22-27(26)32(24-17-9-5-10-18-24)25-19-11-6-12-20-25/h4-22,28,30H,1-3H3/t28-,33+/m0/s1. The lowest BCUT2D eigenvalue weighted by Crippen LogP contribution is -2.38. The van der Waals surface area contributed by atoms with E-state index in [1.54, 1.807) is 0 Å². The van der Waals surface area contributed by atoms with Gasteiger partial charge in [-0.1, -0.05) is 115 Å². The van der Waals surface area contributed by atoms with E-state index in [0.717, 1.165) is 5.56 Å². The highest BCUT2D eigenvalue weighted by molar-refractivity contribution is 7.84. The van der Waals surface area contributed by atoms with Gasteiger partial charge < -0.3 is 0 Å². The molecule has 0 heterocycles. The fourth-order valence-electron chi connectivity index (χ4n) is 3.76. The summed E-state index contributed by atoms with van der Waals surface area (Å²) in [6.45, 7) is 6.01. The Hall–Kier alpha value is -2.58. The Kier molecular flexibility index (Phi) is 7.55. The third kappa shape index (κ3) is 5.68. The molecule has 4 rings (SSSR count). The van der Waals surface area contributed by atoms with Crippen LogP contribution in [0, 0.1) is 0 Å². The zero-order valence-corrected chi connectivity index (χ0v) is 21.0. The van der Waals surface area contributed by atoms with E-state index in [0.29, 0.717) is 0 Å². The molecule has 2 nitrogen and oxygen atoms in total. The van der Waals surface area contributed by atoms with E-state index in [1.165, 1.54) is 21.5 Å². The largest absolute Gasteiger partial charge is 0.242 e. The average molecular weight is 472 g/mol. The van der Waals surface area contributed by atoms with E-state index in [2.05, 4.69) is 102 Å². The second-order valence-corrected chi connectivity index (χ2v) is 13.1. The molecular formula is C29H30NOPS. The lowest BCUT2D eigenvalue weighted by Gasteiger charge is -2.29. The number of hydrogen-bond acceptors (Lipinski definition) is 1. The van der Waals surface area contributed by atoms with Crippen molar-refractivity contribution in [3.8, 4) is 0 Å². The molecule has 4 aromatic carbocycles. The first-order valence-electron chi connectivity index (χ1n) is 11.2. The molecule has 1 N–H and O–H groups in total. The summed E-state index contributed by atoms with van der Waals surface area (Å²) in [5.74, 6) is 0. The minimum absolute atomic E-state index is 0.181. The van der Waals surface area contributed by atoms with E-state index < -0.39 is 18.9 Å². The maximum Gasteiger partial charge on any atom is 0.0979 e. The van der Waals surface area contributed by atoms with Gasteiger partial charge in [0, 0.05) is 0 Å². The molecule has 0 saturated carbocycles. The Balaban J connectivity index is 1.89. The normalized spacial score (nSPS) is 13.6. The van der Waals surface area contributed by atoms with E-state index in [4.69, 9.17) is 0 Å². The summed E-state index contributed by atoms with van der Waals surface area (Å²) in [5, 5.41) is 3.88. The minimum Gasteiger partial charge on any atom is -0.242 e. The van der Waals surface area contributed by atoms with Crippen molar-refractivity contribution in [2.75, 3.05) is 0 Å². The van der Waals surface area contributed by atoms with Gasteiger partial charge in [0.15, 0.2) is 0 Å². The van der Waals surface area contributed by atoms with Gasteiger partial charge in [0.1, 0.15) is 0 Å². The number of nitrogens with one attached hydrogen (secondary N) is 1. The number of hydrogen-bond donors (Lipinski definition) is 1. The second-order valence-electron chi connectivity index (χ2n) is 8.91. The van der Waals surface area contributed by atoms with Crippen LogP contribution in [0.4, 0.5) is 0 Å². The van der Waals surface area contributed by atoms with Gasteiger partial charge >= 0.3 is 0 Å². The zero-order valence-electron chi connectivity index (χ0n) is 19.3. The molecule has 0 unspecified atom stereocenters. The first-order valence-corrected chi connectivity index (χ1v) is 13.7. The summed E-state index contributed by atoms with van der Waals surface area (Å²) >= 11 is 0. The maximum absolute atomic E-state index is 13.2. The quantitative estimate of drug-likeness (QED) is 0.350. The average Bonchev–Trinajstić information content (AvgIpc) is 2.84. The van der Waals surface area contributed by atoms with Gasteiger partial charge in [-0.25, -0.2) is 8.93 Å². The van der Waals surface area contributed by atoms with E-state index in [9.17, 15) is 4.21 Å². The van der Waals surface area contributed by atoms with Crippen LogP contribution in [0.1, 0.15) is 37.9 Å². The molecule has 2 atom stereocenters. The van der Waals surface area contributed by atoms with Crippen LogP contribution in [-0.4, -0.2) is 8.96 Å². The van der Waals surface area contributed by atoms with Crippen molar-refractivity contribution in [2.45, 2.75) is 31.6 Å². The third-order valence-corrected chi connectivity index (χ3v) is 9.51. The molecule has 168 valence electrons. The van der Waals surface area contributed by atoms with Crippen molar-refractivity contribution < 1.29 is 4.21 Å². The second kappa shape index (κ2) is 10.6. The SMILES string of the molecule is CC(C)(C)[S@@](=O)N[C@@H](c1ccccc1)c1ccccc1P(c1ccccc1)c1ccccc1. The number of benzene rings is 4. The zero-order chi connectivity index (χ0) is 23.3. The van der Waals surface area contributed by atoms with Gasteiger partial charge in [-0.05, 0) is 55.7 Å². The van der Waals surface area contributed by atoms with Crippen molar-refractivity contribution in [3.05, 3.63) is 126 Å². The molecule has 0 aliphatic rings. The van der Waals surface area contributed by atoms with Crippen LogP contribution in [0.5, 0.6) is 0 Å². The van der Waals surface area contributed by atoms with Gasteiger partial charge in [0.05, 0.1) is 21.8 Å². The molecule has 0 spiro atoms. The molecule has 0 fully saturated rings. The van der Waals surface area contributed by atoms with Crippen LogP contribution in [0.2, 0.25) is 0 Å². The predicted octanol–water partition coefficient (Wildman–Crippen LogP) is 5.59. The molecule has 4 aromatic rings. The first kappa shape index (κ1) is 23.6. The Labute approximate surface area is 201 Å². The van der Waals surface area contributed by atoms with Gasteiger partial charge in [-0.15, -0.1) is 0 Å². The lowest BCUT2D eigenvalue weighted by atomic mass is 10.00. The van der Waals surface area contributed by atoms with E-state index in [-0.39, 0.29) is 10.8 Å². The maximum atomic E-state index is 13.2. The van der Waals surface area contributed by atoms with Gasteiger partial charge in [-0.3, -0.25) is 0 Å². The Morgan fingerprint density at radius 2 is 1.12 bits per heavy atom. The minimum atomic E-state index is -1.22. The molecule has 0 bridgehead atoms. The predicted molar refractivity (Wildman–Crippen MR) is 144 cm³/mol. The summed E-state index contributed by atoms with van der Waals surface area (Å²) in [7, 11) is -2.00. The summed E-state index contributed by atoms with van der Waals surface area (Å²) in [5.41, 5.74) is 2.28. The molecule has 0 saturated heterocycles. The summed E-state index contributed by atoms with van der Waals surface area (Å²) in [6, 6.07) is 40.2. The lowest BCUT2D eigenvalue weighted by molar-refractivity contribution is 0.624. The van der Waals surface area contributed by atoms with Crippen molar-refractivity contribution in [1.82, 2.24) is 4.72 Å². The third-order valence-electron chi connectivity index (χ3n) is 5.43. The molecule has 0 aromatic heterocycles. The fraction of sp³-hybridized carbons (Fsp3) is 0.172. The van der Waals surface area contributed by atoms with Crippen LogP contribution in [0.25, 0.3) is 0 Å². The highest BCUT2D eigenvalue weighted by Crippen LogP contribution is 2.37. The molecule has 33 heavy (non-hydrogen) atoms. The Morgan fingerprint density at radius 3 is 1.64 bits per heavy atom. The topological polar surface area (TPSA) is 29.1 Å². The van der Waals surface area contributed by atoms with Crippen LogP contribution >= 0.6 is 7.92 Å². The molecule has 0 radical (unpaired) electrons.